The Morgan fingerprint density at radius 3 is 2.39 bits per heavy atom. The number of nitrogens with zero attached hydrogens (tertiary/aromatic N) is 1. The van der Waals surface area contributed by atoms with E-state index in [1.165, 1.54) is 19.1 Å². The Hall–Kier alpha value is -3.03. The van der Waals surface area contributed by atoms with Gasteiger partial charge in [0.2, 0.25) is 0 Å². The molecule has 1 atom stereocenters. The number of likely N-dealkylation sites (tertiary alicyclic amines) is 1. The van der Waals surface area contributed by atoms with E-state index < -0.39 is 17.7 Å². The Morgan fingerprint density at radius 1 is 1.06 bits per heavy atom. The Morgan fingerprint density at radius 2 is 1.77 bits per heavy atom. The molecule has 164 valence electrons. The quantitative estimate of drug-likeness (QED) is 0.288. The van der Waals surface area contributed by atoms with Crippen molar-refractivity contribution < 1.29 is 28.9 Å². The van der Waals surface area contributed by atoms with Crippen molar-refractivity contribution in [2.75, 3.05) is 34.5 Å². The van der Waals surface area contributed by atoms with Gasteiger partial charge in [0.05, 0.1) is 31.4 Å². The summed E-state index contributed by atoms with van der Waals surface area (Å²) in [5, 5.41) is 11.7. The van der Waals surface area contributed by atoms with Gasteiger partial charge in [-0.15, -0.1) is 0 Å². The number of carbonyl (C=O) groups is 2. The van der Waals surface area contributed by atoms with Gasteiger partial charge in [0, 0.05) is 31.4 Å². The minimum Gasteiger partial charge on any atom is -0.507 e. The first-order valence-electron chi connectivity index (χ1n) is 9.68. The lowest BCUT2D eigenvalue weighted by molar-refractivity contribution is -0.140. The normalized spacial score (nSPS) is 17.8. The number of hydrogen-bond acceptors (Lipinski definition) is 6. The van der Waals surface area contributed by atoms with E-state index in [-0.39, 0.29) is 16.9 Å². The van der Waals surface area contributed by atoms with Crippen LogP contribution in [0.1, 0.15) is 23.6 Å². The van der Waals surface area contributed by atoms with E-state index in [2.05, 4.69) is 0 Å². The van der Waals surface area contributed by atoms with E-state index in [1.54, 1.807) is 49.6 Å². The summed E-state index contributed by atoms with van der Waals surface area (Å²) in [6, 6.07) is 10.9. The van der Waals surface area contributed by atoms with Crippen LogP contribution in [0, 0.1) is 0 Å². The molecule has 1 amide bonds. The van der Waals surface area contributed by atoms with E-state index in [1.807, 2.05) is 0 Å². The number of aliphatic hydroxyl groups is 1. The molecule has 2 aromatic rings. The van der Waals surface area contributed by atoms with Crippen molar-refractivity contribution in [2.45, 2.75) is 12.5 Å². The molecular weight excluding hydrogens is 422 g/mol. The maximum atomic E-state index is 13.0. The molecule has 0 aliphatic carbocycles. The number of amides is 1. The van der Waals surface area contributed by atoms with Gasteiger partial charge in [0.15, 0.2) is 0 Å². The Balaban J connectivity index is 2.16. The van der Waals surface area contributed by atoms with Gasteiger partial charge >= 0.3 is 0 Å². The second-order valence-electron chi connectivity index (χ2n) is 6.96. The van der Waals surface area contributed by atoms with Crippen LogP contribution in [0.3, 0.4) is 0 Å². The summed E-state index contributed by atoms with van der Waals surface area (Å²) >= 11 is 6.02. The van der Waals surface area contributed by atoms with Gasteiger partial charge < -0.3 is 24.2 Å². The summed E-state index contributed by atoms with van der Waals surface area (Å²) in [7, 11) is 4.53. The van der Waals surface area contributed by atoms with E-state index in [9.17, 15) is 14.7 Å². The van der Waals surface area contributed by atoms with Crippen molar-refractivity contribution in [3.05, 3.63) is 64.2 Å². The van der Waals surface area contributed by atoms with E-state index in [0.29, 0.717) is 41.7 Å². The van der Waals surface area contributed by atoms with Crippen LogP contribution in [0.2, 0.25) is 5.02 Å². The molecule has 2 aromatic carbocycles. The second kappa shape index (κ2) is 9.85. The van der Waals surface area contributed by atoms with E-state index in [0.717, 1.165) is 0 Å². The van der Waals surface area contributed by atoms with Gasteiger partial charge in [-0.05, 0) is 36.2 Å². The number of carbonyl (C=O) groups excluding carboxylic acids is 2. The van der Waals surface area contributed by atoms with Gasteiger partial charge in [-0.1, -0.05) is 23.7 Å². The number of halogens is 1. The number of Topliss-reactive ketones (excluding diaryl/α,β-unsaturated/α-hetero) is 1. The van der Waals surface area contributed by atoms with Gasteiger partial charge in [0.1, 0.15) is 17.3 Å². The minimum atomic E-state index is -0.763. The zero-order valence-electron chi connectivity index (χ0n) is 17.6. The zero-order chi connectivity index (χ0) is 22.5. The molecule has 1 fully saturated rings. The molecule has 7 nitrogen and oxygen atoms in total. The lowest BCUT2D eigenvalue weighted by atomic mass is 9.95. The summed E-state index contributed by atoms with van der Waals surface area (Å²) in [6.07, 6.45) is 0.541. The SMILES string of the molecule is COCCCN1C(=O)C(=O)/C(=C(\O)c2ccc(OC)cc2OC)C1c1ccc(Cl)cc1. The van der Waals surface area contributed by atoms with Crippen LogP contribution in [0.4, 0.5) is 0 Å². The number of aliphatic hydroxyl groups excluding tert-OH is 1. The summed E-state index contributed by atoms with van der Waals surface area (Å²) in [6.45, 7) is 0.727. The molecule has 8 heteroatoms. The minimum absolute atomic E-state index is 0.00629. The molecule has 1 unspecified atom stereocenters. The molecule has 1 aliphatic rings. The van der Waals surface area contributed by atoms with Crippen LogP contribution in [0.15, 0.2) is 48.0 Å². The van der Waals surface area contributed by atoms with Crippen molar-refractivity contribution in [3.63, 3.8) is 0 Å². The zero-order valence-corrected chi connectivity index (χ0v) is 18.3. The average Bonchev–Trinajstić information content (AvgIpc) is 3.03. The Labute approximate surface area is 185 Å². The molecule has 0 radical (unpaired) electrons. The van der Waals surface area contributed by atoms with Crippen molar-refractivity contribution in [1.29, 1.82) is 0 Å². The van der Waals surface area contributed by atoms with Crippen LogP contribution in [0.5, 0.6) is 11.5 Å². The lowest BCUT2D eigenvalue weighted by Crippen LogP contribution is -2.31. The van der Waals surface area contributed by atoms with Crippen molar-refractivity contribution in [1.82, 2.24) is 4.90 Å². The molecule has 0 bridgehead atoms. The first-order chi connectivity index (χ1) is 14.9. The lowest BCUT2D eigenvalue weighted by Gasteiger charge is -2.25. The first-order valence-corrected chi connectivity index (χ1v) is 10.1. The number of hydrogen-bond donors (Lipinski definition) is 1. The number of methoxy groups -OCH3 is 3. The first kappa shape index (κ1) is 22.7. The standard InChI is InChI=1S/C23H24ClNO6/c1-29-12-4-11-25-20(14-5-7-15(24)8-6-14)19(22(27)23(25)28)21(26)17-10-9-16(30-2)13-18(17)31-3/h5-10,13,20,26H,4,11-12H2,1-3H3/b21-19-. The molecule has 1 saturated heterocycles. The molecule has 1 aliphatic heterocycles. The molecule has 31 heavy (non-hydrogen) atoms. The third kappa shape index (κ3) is 4.52. The highest BCUT2D eigenvalue weighted by Crippen LogP contribution is 2.41. The fraction of sp³-hybridized carbons (Fsp3) is 0.304. The number of benzene rings is 2. The maximum Gasteiger partial charge on any atom is 0.295 e. The molecule has 3 rings (SSSR count). The smallest absolute Gasteiger partial charge is 0.295 e. The predicted molar refractivity (Wildman–Crippen MR) is 117 cm³/mol. The average molecular weight is 446 g/mol. The summed E-state index contributed by atoms with van der Waals surface area (Å²) < 4.78 is 15.7. The van der Waals surface area contributed by atoms with Crippen LogP contribution in [-0.2, 0) is 14.3 Å². The fourth-order valence-corrected chi connectivity index (χ4v) is 3.75. The third-order valence-electron chi connectivity index (χ3n) is 5.14. The van der Waals surface area contributed by atoms with Gasteiger partial charge in [-0.3, -0.25) is 9.59 Å². The van der Waals surface area contributed by atoms with Gasteiger partial charge in [-0.2, -0.15) is 0 Å². The molecular formula is C23H24ClNO6. The third-order valence-corrected chi connectivity index (χ3v) is 5.39. The molecule has 0 saturated carbocycles. The largest absolute Gasteiger partial charge is 0.507 e. The Bertz CT molecular complexity index is 1000. The van der Waals surface area contributed by atoms with Crippen LogP contribution < -0.4 is 9.47 Å². The van der Waals surface area contributed by atoms with Crippen molar-refractivity contribution in [3.8, 4) is 11.5 Å². The monoisotopic (exact) mass is 445 g/mol. The van der Waals surface area contributed by atoms with E-state index in [4.69, 9.17) is 25.8 Å². The van der Waals surface area contributed by atoms with Crippen LogP contribution >= 0.6 is 11.6 Å². The summed E-state index contributed by atoms with van der Waals surface area (Å²) in [4.78, 5) is 27.3. The van der Waals surface area contributed by atoms with Gasteiger partial charge in [-0.25, -0.2) is 0 Å². The fourth-order valence-electron chi connectivity index (χ4n) is 3.62. The van der Waals surface area contributed by atoms with Crippen LogP contribution in [0.25, 0.3) is 5.76 Å². The van der Waals surface area contributed by atoms with Crippen molar-refractivity contribution in [2.24, 2.45) is 0 Å². The Kier molecular flexibility index (Phi) is 7.20. The highest BCUT2D eigenvalue weighted by Gasteiger charge is 2.46. The maximum absolute atomic E-state index is 13.0. The number of rotatable bonds is 8. The van der Waals surface area contributed by atoms with Gasteiger partial charge in [0.25, 0.3) is 11.7 Å². The summed E-state index contributed by atoms with van der Waals surface area (Å²) in [5.41, 5.74) is 0.945. The van der Waals surface area contributed by atoms with Crippen LogP contribution in [-0.4, -0.2) is 56.2 Å². The molecule has 1 N–H and O–H groups in total. The summed E-state index contributed by atoms with van der Waals surface area (Å²) in [5.74, 6) is -0.898. The highest BCUT2D eigenvalue weighted by atomic mass is 35.5. The molecule has 0 aromatic heterocycles. The number of ketones is 1. The second-order valence-corrected chi connectivity index (χ2v) is 7.39. The number of ether oxygens (including phenoxy) is 3. The topological polar surface area (TPSA) is 85.3 Å². The molecule has 0 spiro atoms. The van der Waals surface area contributed by atoms with E-state index >= 15 is 0 Å². The highest BCUT2D eigenvalue weighted by molar-refractivity contribution is 6.46. The van der Waals surface area contributed by atoms with Crippen molar-refractivity contribution >= 4 is 29.1 Å². The molecule has 1 heterocycles. The predicted octanol–water partition coefficient (Wildman–Crippen LogP) is 3.82.